The van der Waals surface area contributed by atoms with Gasteiger partial charge in [-0.25, -0.2) is 9.97 Å². The summed E-state index contributed by atoms with van der Waals surface area (Å²) in [5, 5.41) is 5.60. The minimum atomic E-state index is -0.0789. The van der Waals surface area contributed by atoms with E-state index in [0.29, 0.717) is 12.4 Å². The molecule has 0 fully saturated rings. The summed E-state index contributed by atoms with van der Waals surface area (Å²) >= 11 is 1.49. The molecule has 0 bridgehead atoms. The Morgan fingerprint density at radius 1 is 1.43 bits per heavy atom. The van der Waals surface area contributed by atoms with Crippen LogP contribution in [0.15, 0.2) is 46.7 Å². The topological polar surface area (TPSA) is 77.2 Å². The highest BCUT2D eigenvalue weighted by Crippen LogP contribution is 2.24. The van der Waals surface area contributed by atoms with Crippen LogP contribution in [0.5, 0.6) is 5.88 Å². The zero-order valence-electron chi connectivity index (χ0n) is 12.5. The summed E-state index contributed by atoms with van der Waals surface area (Å²) in [5.41, 5.74) is 2.60. The van der Waals surface area contributed by atoms with Crippen molar-refractivity contribution < 1.29 is 13.9 Å². The number of nitrogens with zero attached hydrogens (tertiary/aromatic N) is 2. The molecule has 3 rings (SSSR count). The van der Waals surface area contributed by atoms with Crippen LogP contribution in [0, 0.1) is 0 Å². The minimum Gasteiger partial charge on any atom is -0.481 e. The second kappa shape index (κ2) is 7.06. The van der Waals surface area contributed by atoms with E-state index in [0.717, 1.165) is 21.8 Å². The molecule has 0 aliphatic rings. The summed E-state index contributed by atoms with van der Waals surface area (Å²) in [7, 11) is 1.56. The first kappa shape index (κ1) is 15.2. The lowest BCUT2D eigenvalue weighted by atomic mass is 10.2. The molecule has 0 aliphatic carbocycles. The number of aromatic nitrogens is 2. The van der Waals surface area contributed by atoms with Crippen LogP contribution >= 0.6 is 11.3 Å². The third-order valence-corrected chi connectivity index (χ3v) is 4.10. The number of ether oxygens (including phenoxy) is 1. The minimum absolute atomic E-state index is 0.0789. The lowest BCUT2D eigenvalue weighted by Gasteiger charge is -2.05. The maximum Gasteiger partial charge on any atom is 0.226 e. The number of carbonyl (C=O) groups excluding carboxylic acids is 1. The molecule has 0 radical (unpaired) electrons. The van der Waals surface area contributed by atoms with Gasteiger partial charge in [-0.15, -0.1) is 11.3 Å². The fraction of sp³-hybridized carbons (Fsp3) is 0.188. The Balaban J connectivity index is 1.55. The van der Waals surface area contributed by atoms with Crippen LogP contribution in [-0.4, -0.2) is 23.0 Å². The number of furan rings is 1. The van der Waals surface area contributed by atoms with Gasteiger partial charge in [0.05, 0.1) is 25.5 Å². The van der Waals surface area contributed by atoms with E-state index in [1.54, 1.807) is 31.9 Å². The number of rotatable bonds is 6. The molecule has 0 unspecified atom stereocenters. The average molecular weight is 329 g/mol. The van der Waals surface area contributed by atoms with Crippen LogP contribution in [0.3, 0.4) is 0 Å². The normalized spacial score (nSPS) is 10.5. The van der Waals surface area contributed by atoms with Crippen LogP contribution < -0.4 is 10.1 Å². The van der Waals surface area contributed by atoms with Crippen molar-refractivity contribution >= 4 is 17.2 Å². The van der Waals surface area contributed by atoms with Gasteiger partial charge in [-0.2, -0.15) is 0 Å². The molecule has 1 N–H and O–H groups in total. The fourth-order valence-electron chi connectivity index (χ4n) is 2.01. The second-order valence-corrected chi connectivity index (χ2v) is 5.67. The summed E-state index contributed by atoms with van der Waals surface area (Å²) in [4.78, 5) is 20.5. The molecule has 0 aliphatic heterocycles. The van der Waals surface area contributed by atoms with Crippen molar-refractivity contribution in [1.82, 2.24) is 15.3 Å². The molecule has 0 aromatic carbocycles. The Morgan fingerprint density at radius 3 is 3.13 bits per heavy atom. The van der Waals surface area contributed by atoms with Gasteiger partial charge in [0.15, 0.2) is 0 Å². The monoisotopic (exact) mass is 329 g/mol. The van der Waals surface area contributed by atoms with Crippen LogP contribution in [-0.2, 0) is 17.8 Å². The number of methoxy groups -OCH3 is 1. The molecular formula is C16H15N3O3S. The first-order chi connectivity index (χ1) is 11.2. The number of carbonyl (C=O) groups is 1. The molecule has 0 atom stereocenters. The van der Waals surface area contributed by atoms with Gasteiger partial charge < -0.3 is 14.5 Å². The van der Waals surface area contributed by atoms with Crippen molar-refractivity contribution in [3.05, 3.63) is 53.6 Å². The number of pyridine rings is 1. The van der Waals surface area contributed by atoms with Crippen molar-refractivity contribution in [2.24, 2.45) is 0 Å². The summed E-state index contributed by atoms with van der Waals surface area (Å²) in [6.45, 7) is 0.427. The van der Waals surface area contributed by atoms with E-state index < -0.39 is 0 Å². The number of nitrogens with one attached hydrogen (secondary N) is 1. The SMILES string of the molecule is COc1cc(CNC(=O)Cc2csc(-c3ccoc3)n2)ccn1. The highest BCUT2D eigenvalue weighted by atomic mass is 32.1. The van der Waals surface area contributed by atoms with Gasteiger partial charge in [-0.3, -0.25) is 4.79 Å². The molecule has 1 amide bonds. The average Bonchev–Trinajstić information content (AvgIpc) is 3.24. The van der Waals surface area contributed by atoms with Crippen molar-refractivity contribution in [3.8, 4) is 16.5 Å². The highest BCUT2D eigenvalue weighted by Gasteiger charge is 2.10. The Bertz CT molecular complexity index is 783. The molecule has 3 aromatic heterocycles. The van der Waals surface area contributed by atoms with E-state index in [1.165, 1.54) is 11.3 Å². The molecule has 0 spiro atoms. The van der Waals surface area contributed by atoms with Gasteiger partial charge in [0, 0.05) is 29.8 Å². The molecule has 7 heteroatoms. The predicted molar refractivity (Wildman–Crippen MR) is 86.2 cm³/mol. The van der Waals surface area contributed by atoms with E-state index >= 15 is 0 Å². The zero-order chi connectivity index (χ0) is 16.1. The van der Waals surface area contributed by atoms with Gasteiger partial charge in [-0.05, 0) is 17.7 Å². The summed E-state index contributed by atoms with van der Waals surface area (Å²) in [5.74, 6) is 0.450. The number of hydrogen-bond donors (Lipinski definition) is 1. The first-order valence-corrected chi connectivity index (χ1v) is 7.85. The van der Waals surface area contributed by atoms with Crippen molar-refractivity contribution in [2.45, 2.75) is 13.0 Å². The van der Waals surface area contributed by atoms with E-state index in [4.69, 9.17) is 9.15 Å². The van der Waals surface area contributed by atoms with Gasteiger partial charge in [0.25, 0.3) is 0 Å². The highest BCUT2D eigenvalue weighted by molar-refractivity contribution is 7.13. The van der Waals surface area contributed by atoms with E-state index in [2.05, 4.69) is 15.3 Å². The largest absolute Gasteiger partial charge is 0.481 e. The maximum absolute atomic E-state index is 12.0. The third-order valence-electron chi connectivity index (χ3n) is 3.16. The third kappa shape index (κ3) is 3.95. The fourth-order valence-corrected chi connectivity index (χ4v) is 2.81. The van der Waals surface area contributed by atoms with Crippen LogP contribution in [0.2, 0.25) is 0 Å². The maximum atomic E-state index is 12.0. The van der Waals surface area contributed by atoms with Crippen molar-refractivity contribution in [2.75, 3.05) is 7.11 Å². The van der Waals surface area contributed by atoms with Gasteiger partial charge >= 0.3 is 0 Å². The number of amides is 1. The quantitative estimate of drug-likeness (QED) is 0.752. The van der Waals surface area contributed by atoms with Crippen molar-refractivity contribution in [3.63, 3.8) is 0 Å². The molecule has 3 heterocycles. The molecule has 3 aromatic rings. The van der Waals surface area contributed by atoms with E-state index in [-0.39, 0.29) is 12.3 Å². The van der Waals surface area contributed by atoms with E-state index in [1.807, 2.05) is 17.5 Å². The second-order valence-electron chi connectivity index (χ2n) is 4.82. The molecule has 0 saturated carbocycles. The lowest BCUT2D eigenvalue weighted by molar-refractivity contribution is -0.120. The molecule has 118 valence electrons. The molecule has 23 heavy (non-hydrogen) atoms. The zero-order valence-corrected chi connectivity index (χ0v) is 13.3. The van der Waals surface area contributed by atoms with E-state index in [9.17, 15) is 4.79 Å². The van der Waals surface area contributed by atoms with Crippen LogP contribution in [0.4, 0.5) is 0 Å². The Kier molecular flexibility index (Phi) is 4.68. The Labute approximate surface area is 137 Å². The van der Waals surface area contributed by atoms with Gasteiger partial charge in [-0.1, -0.05) is 0 Å². The van der Waals surface area contributed by atoms with Gasteiger partial charge in [0.2, 0.25) is 11.8 Å². The molecule has 6 nitrogen and oxygen atoms in total. The standard InChI is InChI=1S/C16H15N3O3S/c1-21-15-6-11(2-4-17-15)8-18-14(20)7-13-10-23-16(19-13)12-3-5-22-9-12/h2-6,9-10H,7-8H2,1H3,(H,18,20). The predicted octanol–water partition coefficient (Wildman–Crippen LogP) is 2.67. The molecule has 0 saturated heterocycles. The van der Waals surface area contributed by atoms with Crippen LogP contribution in [0.25, 0.3) is 10.6 Å². The Hall–Kier alpha value is -2.67. The summed E-state index contributed by atoms with van der Waals surface area (Å²) < 4.78 is 10.1. The Morgan fingerprint density at radius 2 is 2.35 bits per heavy atom. The first-order valence-electron chi connectivity index (χ1n) is 6.97. The summed E-state index contributed by atoms with van der Waals surface area (Å²) in [6, 6.07) is 5.47. The number of hydrogen-bond acceptors (Lipinski definition) is 6. The van der Waals surface area contributed by atoms with Crippen LogP contribution in [0.1, 0.15) is 11.3 Å². The smallest absolute Gasteiger partial charge is 0.226 e. The molecular weight excluding hydrogens is 314 g/mol. The number of thiazole rings is 1. The van der Waals surface area contributed by atoms with Gasteiger partial charge in [0.1, 0.15) is 11.3 Å². The lowest BCUT2D eigenvalue weighted by Crippen LogP contribution is -2.24. The van der Waals surface area contributed by atoms with Crippen molar-refractivity contribution in [1.29, 1.82) is 0 Å². The summed E-state index contributed by atoms with van der Waals surface area (Å²) in [6.07, 6.45) is 5.14.